The standard InChI is InChI=1S/C21H23N3O3/c25-17(23-10-8-22(9-11-23)16-4-2-1-3-5-16)13-24-20(26)18-14-6-7-15(12-14)19(18)21(24)27/h1-7,14-15,18-19H,8-13H2. The van der Waals surface area contributed by atoms with E-state index in [1.54, 1.807) is 4.90 Å². The molecule has 6 nitrogen and oxygen atoms in total. The molecule has 4 atom stereocenters. The second-order valence-electron chi connectivity index (χ2n) is 7.97. The molecule has 4 unspecified atom stereocenters. The van der Waals surface area contributed by atoms with E-state index in [2.05, 4.69) is 29.2 Å². The normalized spacial score (nSPS) is 31.8. The highest BCUT2D eigenvalue weighted by atomic mass is 16.2. The molecule has 0 radical (unpaired) electrons. The number of anilines is 1. The predicted octanol–water partition coefficient (Wildman–Crippen LogP) is 1.14. The number of amides is 3. The number of hydrogen-bond acceptors (Lipinski definition) is 4. The monoisotopic (exact) mass is 365 g/mol. The molecule has 2 aliphatic carbocycles. The fraction of sp³-hybridized carbons (Fsp3) is 0.476. The van der Waals surface area contributed by atoms with E-state index in [1.807, 2.05) is 18.2 Å². The van der Waals surface area contributed by atoms with Gasteiger partial charge in [-0.05, 0) is 30.4 Å². The lowest BCUT2D eigenvalue weighted by molar-refractivity contribution is -0.147. The Balaban J connectivity index is 1.21. The fourth-order valence-corrected chi connectivity index (χ4v) is 5.21. The Kier molecular flexibility index (Phi) is 3.81. The van der Waals surface area contributed by atoms with Gasteiger partial charge in [0.1, 0.15) is 6.54 Å². The highest BCUT2D eigenvalue weighted by Gasteiger charge is 2.59. The summed E-state index contributed by atoms with van der Waals surface area (Å²) < 4.78 is 0. The van der Waals surface area contributed by atoms with Crippen LogP contribution in [0.5, 0.6) is 0 Å². The van der Waals surface area contributed by atoms with Gasteiger partial charge in [0.25, 0.3) is 0 Å². The Hall–Kier alpha value is -2.63. The van der Waals surface area contributed by atoms with Crippen LogP contribution < -0.4 is 4.90 Å². The number of likely N-dealkylation sites (tertiary alicyclic amines) is 1. The van der Waals surface area contributed by atoms with Gasteiger partial charge in [0.2, 0.25) is 17.7 Å². The number of fused-ring (bicyclic) bond motifs is 5. The zero-order valence-corrected chi connectivity index (χ0v) is 15.2. The highest BCUT2D eigenvalue weighted by Crippen LogP contribution is 2.52. The smallest absolute Gasteiger partial charge is 0.242 e. The van der Waals surface area contributed by atoms with E-state index in [9.17, 15) is 14.4 Å². The molecule has 1 aromatic carbocycles. The first kappa shape index (κ1) is 16.5. The number of allylic oxidation sites excluding steroid dienone is 2. The molecular weight excluding hydrogens is 342 g/mol. The zero-order chi connectivity index (χ0) is 18.5. The molecular formula is C21H23N3O3. The maximum Gasteiger partial charge on any atom is 0.242 e. The predicted molar refractivity (Wildman–Crippen MR) is 99.7 cm³/mol. The van der Waals surface area contributed by atoms with Crippen molar-refractivity contribution < 1.29 is 14.4 Å². The number of carbonyl (C=O) groups excluding carboxylic acids is 3. The molecule has 1 aromatic rings. The molecule has 2 saturated heterocycles. The van der Waals surface area contributed by atoms with Crippen molar-refractivity contribution in [1.82, 2.24) is 9.80 Å². The number of para-hydroxylation sites is 1. The van der Waals surface area contributed by atoms with Gasteiger partial charge < -0.3 is 9.80 Å². The third-order valence-electron chi connectivity index (χ3n) is 6.61. The van der Waals surface area contributed by atoms with Crippen molar-refractivity contribution in [2.24, 2.45) is 23.7 Å². The summed E-state index contributed by atoms with van der Waals surface area (Å²) >= 11 is 0. The molecule has 0 spiro atoms. The number of piperazine rings is 1. The van der Waals surface area contributed by atoms with E-state index in [0.717, 1.165) is 25.2 Å². The van der Waals surface area contributed by atoms with E-state index < -0.39 is 0 Å². The first-order valence-corrected chi connectivity index (χ1v) is 9.75. The summed E-state index contributed by atoms with van der Waals surface area (Å²) in [6, 6.07) is 10.2. The van der Waals surface area contributed by atoms with E-state index in [-0.39, 0.29) is 47.9 Å². The lowest BCUT2D eigenvalue weighted by Crippen LogP contribution is -2.52. The van der Waals surface area contributed by atoms with Crippen LogP contribution in [0.25, 0.3) is 0 Å². The molecule has 140 valence electrons. The maximum atomic E-state index is 12.7. The second kappa shape index (κ2) is 6.22. The number of rotatable bonds is 3. The minimum Gasteiger partial charge on any atom is -0.368 e. The summed E-state index contributed by atoms with van der Waals surface area (Å²) in [5.41, 5.74) is 1.16. The minimum atomic E-state index is -0.227. The first-order valence-electron chi connectivity index (χ1n) is 9.75. The number of hydrogen-bond donors (Lipinski definition) is 0. The largest absolute Gasteiger partial charge is 0.368 e. The van der Waals surface area contributed by atoms with E-state index in [4.69, 9.17) is 0 Å². The molecule has 1 saturated carbocycles. The van der Waals surface area contributed by atoms with Crippen LogP contribution in [0, 0.1) is 23.7 Å². The van der Waals surface area contributed by atoms with E-state index >= 15 is 0 Å². The van der Waals surface area contributed by atoms with E-state index in [0.29, 0.717) is 13.1 Å². The van der Waals surface area contributed by atoms with Gasteiger partial charge in [-0.2, -0.15) is 0 Å². The topological polar surface area (TPSA) is 60.9 Å². The fourth-order valence-electron chi connectivity index (χ4n) is 5.21. The van der Waals surface area contributed by atoms with Crippen molar-refractivity contribution in [2.75, 3.05) is 37.6 Å². The van der Waals surface area contributed by atoms with Crippen molar-refractivity contribution in [3.8, 4) is 0 Å². The Bertz CT molecular complexity index is 783. The van der Waals surface area contributed by atoms with Gasteiger partial charge in [0.05, 0.1) is 11.8 Å². The Morgan fingerprint density at radius 2 is 1.48 bits per heavy atom. The summed E-state index contributed by atoms with van der Waals surface area (Å²) in [5, 5.41) is 0. The number of benzene rings is 1. The summed E-state index contributed by atoms with van der Waals surface area (Å²) in [4.78, 5) is 43.5. The van der Waals surface area contributed by atoms with Gasteiger partial charge in [-0.25, -0.2) is 0 Å². The average molecular weight is 365 g/mol. The van der Waals surface area contributed by atoms with Crippen LogP contribution in [0.4, 0.5) is 5.69 Å². The molecule has 2 heterocycles. The van der Waals surface area contributed by atoms with Gasteiger partial charge in [-0.3, -0.25) is 19.3 Å². The Labute approximate surface area is 158 Å². The lowest BCUT2D eigenvalue weighted by atomic mass is 9.85. The lowest BCUT2D eigenvalue weighted by Gasteiger charge is -2.36. The molecule has 5 rings (SSSR count). The molecule has 0 N–H and O–H groups in total. The van der Waals surface area contributed by atoms with Crippen molar-refractivity contribution in [1.29, 1.82) is 0 Å². The Morgan fingerprint density at radius 3 is 2.07 bits per heavy atom. The van der Waals surface area contributed by atoms with Gasteiger partial charge in [0.15, 0.2) is 0 Å². The SMILES string of the molecule is O=C(CN1C(=O)C2C3C=CC(C3)C2C1=O)N1CCN(c2ccccc2)CC1. The van der Waals surface area contributed by atoms with Gasteiger partial charge in [-0.15, -0.1) is 0 Å². The molecule has 2 aliphatic heterocycles. The quantitative estimate of drug-likeness (QED) is 0.595. The molecule has 3 amide bonds. The molecule has 3 fully saturated rings. The minimum absolute atomic E-state index is 0.102. The van der Waals surface area contributed by atoms with Crippen LogP contribution in [0.3, 0.4) is 0 Å². The third kappa shape index (κ3) is 2.58. The maximum absolute atomic E-state index is 12.7. The van der Waals surface area contributed by atoms with Crippen molar-refractivity contribution in [3.63, 3.8) is 0 Å². The van der Waals surface area contributed by atoms with Crippen LogP contribution in [-0.2, 0) is 14.4 Å². The number of carbonyl (C=O) groups is 3. The van der Waals surface area contributed by atoms with Crippen LogP contribution in [0.1, 0.15) is 6.42 Å². The van der Waals surface area contributed by atoms with Gasteiger partial charge in [0, 0.05) is 31.9 Å². The average Bonchev–Trinajstić information content (AvgIpc) is 3.39. The summed E-state index contributed by atoms with van der Waals surface area (Å²) in [7, 11) is 0. The summed E-state index contributed by atoms with van der Waals surface area (Å²) in [6.45, 7) is 2.65. The van der Waals surface area contributed by atoms with Crippen molar-refractivity contribution in [3.05, 3.63) is 42.5 Å². The third-order valence-corrected chi connectivity index (χ3v) is 6.61. The molecule has 4 aliphatic rings. The highest BCUT2D eigenvalue weighted by molar-refractivity contribution is 6.08. The number of nitrogens with zero attached hydrogens (tertiary/aromatic N) is 3. The Morgan fingerprint density at radius 1 is 0.889 bits per heavy atom. The molecule has 0 aromatic heterocycles. The van der Waals surface area contributed by atoms with Crippen LogP contribution in [0.15, 0.2) is 42.5 Å². The van der Waals surface area contributed by atoms with Gasteiger partial charge in [-0.1, -0.05) is 30.4 Å². The summed E-state index contributed by atoms with van der Waals surface area (Å²) in [6.07, 6.45) is 5.06. The molecule has 27 heavy (non-hydrogen) atoms. The van der Waals surface area contributed by atoms with Crippen LogP contribution >= 0.6 is 0 Å². The molecule has 6 heteroatoms. The summed E-state index contributed by atoms with van der Waals surface area (Å²) in [5.74, 6) is -0.483. The van der Waals surface area contributed by atoms with E-state index in [1.165, 1.54) is 4.90 Å². The second-order valence-corrected chi connectivity index (χ2v) is 7.97. The molecule has 2 bridgehead atoms. The van der Waals surface area contributed by atoms with Crippen molar-refractivity contribution in [2.45, 2.75) is 6.42 Å². The zero-order valence-electron chi connectivity index (χ0n) is 15.2. The van der Waals surface area contributed by atoms with Gasteiger partial charge >= 0.3 is 0 Å². The van der Waals surface area contributed by atoms with Crippen LogP contribution in [-0.4, -0.2) is 60.2 Å². The van der Waals surface area contributed by atoms with Crippen LogP contribution in [0.2, 0.25) is 0 Å². The van der Waals surface area contributed by atoms with Crippen molar-refractivity contribution >= 4 is 23.4 Å². The first-order chi connectivity index (χ1) is 13.1. The number of imide groups is 1.